The van der Waals surface area contributed by atoms with E-state index < -0.39 is 0 Å². The number of rotatable bonds is 4. The van der Waals surface area contributed by atoms with Crippen molar-refractivity contribution >= 4 is 11.6 Å². The van der Waals surface area contributed by atoms with Crippen molar-refractivity contribution in [3.8, 4) is 5.75 Å². The average molecular weight is 259 g/mol. The van der Waals surface area contributed by atoms with E-state index in [9.17, 15) is 9.18 Å². The highest BCUT2D eigenvalue weighted by Crippen LogP contribution is 2.24. The number of hydrogen-bond donors (Lipinski definition) is 1. The van der Waals surface area contributed by atoms with Gasteiger partial charge in [-0.25, -0.2) is 4.39 Å². The number of hydrogen-bond acceptors (Lipinski definition) is 2. The summed E-state index contributed by atoms with van der Waals surface area (Å²) in [6, 6.07) is 13.3. The van der Waals surface area contributed by atoms with Crippen molar-refractivity contribution in [1.82, 2.24) is 0 Å². The second-order valence-corrected chi connectivity index (χ2v) is 4.10. The van der Waals surface area contributed by atoms with Crippen molar-refractivity contribution in [2.75, 3.05) is 5.32 Å². The molecule has 0 radical (unpaired) electrons. The molecule has 0 atom stereocenters. The zero-order valence-corrected chi connectivity index (χ0v) is 10.5. The van der Waals surface area contributed by atoms with Crippen molar-refractivity contribution in [2.24, 2.45) is 0 Å². The lowest BCUT2D eigenvalue weighted by Gasteiger charge is -2.11. The van der Waals surface area contributed by atoms with E-state index in [-0.39, 0.29) is 18.3 Å². The van der Waals surface area contributed by atoms with Crippen LogP contribution in [0.1, 0.15) is 12.5 Å². The van der Waals surface area contributed by atoms with Crippen LogP contribution in [0.4, 0.5) is 10.1 Å². The summed E-state index contributed by atoms with van der Waals surface area (Å²) in [5.41, 5.74) is 1.34. The summed E-state index contributed by atoms with van der Waals surface area (Å²) in [7, 11) is 0. The molecule has 1 N–H and O–H groups in total. The molecule has 2 aromatic rings. The molecule has 2 aromatic carbocycles. The fraction of sp³-hybridized carbons (Fsp3) is 0.133. The quantitative estimate of drug-likeness (QED) is 0.914. The third kappa shape index (κ3) is 3.81. The summed E-state index contributed by atoms with van der Waals surface area (Å²) in [4.78, 5) is 11.1. The zero-order chi connectivity index (χ0) is 13.7. The number of nitrogens with one attached hydrogen (secondary N) is 1. The fourth-order valence-corrected chi connectivity index (χ4v) is 1.67. The standard InChI is InChI=1S/C15H14FNO2/c1-11(18)17-14-7-2-3-8-15(14)19-10-12-5-4-6-13(16)9-12/h2-9H,10H2,1H3,(H,17,18). The molecule has 0 heterocycles. The number of amides is 1. The molecule has 0 bridgehead atoms. The highest BCUT2D eigenvalue weighted by molar-refractivity contribution is 5.90. The first-order valence-electron chi connectivity index (χ1n) is 5.89. The molecule has 0 aromatic heterocycles. The van der Waals surface area contributed by atoms with Crippen LogP contribution < -0.4 is 10.1 Å². The van der Waals surface area contributed by atoms with E-state index in [1.54, 1.807) is 30.3 Å². The lowest BCUT2D eigenvalue weighted by atomic mass is 10.2. The van der Waals surface area contributed by atoms with Gasteiger partial charge in [0, 0.05) is 6.92 Å². The first-order valence-corrected chi connectivity index (χ1v) is 5.89. The summed E-state index contributed by atoms with van der Waals surface area (Å²) in [6.45, 7) is 1.68. The second kappa shape index (κ2) is 6.00. The Morgan fingerprint density at radius 3 is 2.74 bits per heavy atom. The fourth-order valence-electron chi connectivity index (χ4n) is 1.67. The Balaban J connectivity index is 2.09. The van der Waals surface area contributed by atoms with Crippen molar-refractivity contribution in [3.63, 3.8) is 0 Å². The molecule has 19 heavy (non-hydrogen) atoms. The number of para-hydroxylation sites is 2. The Labute approximate surface area is 111 Å². The molecule has 2 rings (SSSR count). The lowest BCUT2D eigenvalue weighted by molar-refractivity contribution is -0.114. The minimum Gasteiger partial charge on any atom is -0.487 e. The van der Waals surface area contributed by atoms with Gasteiger partial charge in [0.05, 0.1) is 5.69 Å². The zero-order valence-electron chi connectivity index (χ0n) is 10.5. The molecule has 98 valence electrons. The van der Waals surface area contributed by atoms with Crippen molar-refractivity contribution in [1.29, 1.82) is 0 Å². The molecule has 0 unspecified atom stereocenters. The third-order valence-electron chi connectivity index (χ3n) is 2.48. The molecule has 3 nitrogen and oxygen atoms in total. The van der Waals surface area contributed by atoms with Gasteiger partial charge in [-0.1, -0.05) is 24.3 Å². The average Bonchev–Trinajstić information content (AvgIpc) is 2.37. The third-order valence-corrected chi connectivity index (χ3v) is 2.48. The Hall–Kier alpha value is -2.36. The van der Waals surface area contributed by atoms with Crippen LogP contribution >= 0.6 is 0 Å². The van der Waals surface area contributed by atoms with Crippen LogP contribution in [0.3, 0.4) is 0 Å². The van der Waals surface area contributed by atoms with Gasteiger partial charge in [0.25, 0.3) is 0 Å². The second-order valence-electron chi connectivity index (χ2n) is 4.10. The molecule has 1 amide bonds. The van der Waals surface area contributed by atoms with Crippen molar-refractivity contribution in [3.05, 3.63) is 59.9 Å². The van der Waals surface area contributed by atoms with Crippen molar-refractivity contribution < 1.29 is 13.9 Å². The van der Waals surface area contributed by atoms with Crippen LogP contribution in [0.5, 0.6) is 5.75 Å². The van der Waals surface area contributed by atoms with Crippen LogP contribution in [0.15, 0.2) is 48.5 Å². The molecule has 4 heteroatoms. The Bertz CT molecular complexity index is 584. The predicted molar refractivity (Wildman–Crippen MR) is 71.5 cm³/mol. The molecule has 0 aliphatic heterocycles. The molecule has 0 saturated heterocycles. The highest BCUT2D eigenvalue weighted by atomic mass is 19.1. The summed E-state index contributed by atoms with van der Waals surface area (Å²) < 4.78 is 18.6. The van der Waals surface area contributed by atoms with Crippen LogP contribution in [0, 0.1) is 5.82 Å². The van der Waals surface area contributed by atoms with Gasteiger partial charge in [-0.15, -0.1) is 0 Å². The molecule has 0 aliphatic rings. The van der Waals surface area contributed by atoms with Crippen LogP contribution in [-0.2, 0) is 11.4 Å². The maximum atomic E-state index is 13.0. The Kier molecular flexibility index (Phi) is 4.13. The minimum atomic E-state index is -0.295. The minimum absolute atomic E-state index is 0.165. The normalized spacial score (nSPS) is 10.0. The molecular weight excluding hydrogens is 245 g/mol. The van der Waals surface area contributed by atoms with E-state index in [0.29, 0.717) is 11.4 Å². The number of halogens is 1. The van der Waals surface area contributed by atoms with E-state index in [1.807, 2.05) is 6.07 Å². The number of carbonyl (C=O) groups is 1. The Morgan fingerprint density at radius 2 is 2.00 bits per heavy atom. The van der Waals surface area contributed by atoms with Gasteiger partial charge in [-0.05, 0) is 29.8 Å². The first-order chi connectivity index (χ1) is 9.15. The smallest absolute Gasteiger partial charge is 0.221 e. The molecule has 0 spiro atoms. The van der Waals surface area contributed by atoms with Gasteiger partial charge in [-0.3, -0.25) is 4.79 Å². The maximum Gasteiger partial charge on any atom is 0.221 e. The van der Waals surface area contributed by atoms with Gasteiger partial charge >= 0.3 is 0 Å². The van der Waals surface area contributed by atoms with Gasteiger partial charge in [0.1, 0.15) is 18.2 Å². The largest absolute Gasteiger partial charge is 0.487 e. The monoisotopic (exact) mass is 259 g/mol. The predicted octanol–water partition coefficient (Wildman–Crippen LogP) is 3.36. The SMILES string of the molecule is CC(=O)Nc1ccccc1OCc1cccc(F)c1. The first kappa shape index (κ1) is 13.1. The van der Waals surface area contributed by atoms with Gasteiger partial charge in [-0.2, -0.15) is 0 Å². The molecule has 0 fully saturated rings. The lowest BCUT2D eigenvalue weighted by Crippen LogP contribution is -2.07. The molecular formula is C15H14FNO2. The topological polar surface area (TPSA) is 38.3 Å². The van der Waals surface area contributed by atoms with E-state index in [4.69, 9.17) is 4.74 Å². The van der Waals surface area contributed by atoms with Crippen LogP contribution in [0.2, 0.25) is 0 Å². The number of anilines is 1. The summed E-state index contributed by atoms with van der Waals surface area (Å²) in [5.74, 6) is 0.0972. The molecule has 0 saturated carbocycles. The number of carbonyl (C=O) groups excluding carboxylic acids is 1. The van der Waals surface area contributed by atoms with Crippen LogP contribution in [-0.4, -0.2) is 5.91 Å². The van der Waals surface area contributed by atoms with E-state index in [2.05, 4.69) is 5.32 Å². The van der Waals surface area contributed by atoms with Gasteiger partial charge in [0.15, 0.2) is 0 Å². The van der Waals surface area contributed by atoms with Gasteiger partial charge in [0.2, 0.25) is 5.91 Å². The van der Waals surface area contributed by atoms with E-state index >= 15 is 0 Å². The summed E-state index contributed by atoms with van der Waals surface area (Å²) >= 11 is 0. The van der Waals surface area contributed by atoms with Crippen molar-refractivity contribution in [2.45, 2.75) is 13.5 Å². The molecule has 0 aliphatic carbocycles. The van der Waals surface area contributed by atoms with E-state index in [1.165, 1.54) is 19.1 Å². The summed E-state index contributed by atoms with van der Waals surface area (Å²) in [6.07, 6.45) is 0. The number of ether oxygens (including phenoxy) is 1. The maximum absolute atomic E-state index is 13.0. The van der Waals surface area contributed by atoms with Crippen LogP contribution in [0.25, 0.3) is 0 Å². The number of benzene rings is 2. The highest BCUT2D eigenvalue weighted by Gasteiger charge is 2.04. The Morgan fingerprint density at radius 1 is 1.21 bits per heavy atom. The van der Waals surface area contributed by atoms with Gasteiger partial charge < -0.3 is 10.1 Å². The van der Waals surface area contributed by atoms with E-state index in [0.717, 1.165) is 5.56 Å². The summed E-state index contributed by atoms with van der Waals surface area (Å²) in [5, 5.41) is 2.68.